The Labute approximate surface area is 114 Å². The van der Waals surface area contributed by atoms with E-state index in [1.807, 2.05) is 14.1 Å². The lowest BCUT2D eigenvalue weighted by Crippen LogP contribution is -2.46. The number of amides is 1. The van der Waals surface area contributed by atoms with Crippen molar-refractivity contribution in [3.8, 4) is 0 Å². The fourth-order valence-corrected chi connectivity index (χ4v) is 2.02. The first-order valence-electron chi connectivity index (χ1n) is 5.93. The third-order valence-electron chi connectivity index (χ3n) is 2.67. The van der Waals surface area contributed by atoms with E-state index in [-0.39, 0.29) is 11.7 Å². The molecular weight excluding hydrogens is 270 g/mol. The Kier molecular flexibility index (Phi) is 6.85. The molecule has 110 valence electrons. The number of sulfonamides is 1. The van der Waals surface area contributed by atoms with Gasteiger partial charge in [-0.1, -0.05) is 6.58 Å². The van der Waals surface area contributed by atoms with Gasteiger partial charge in [-0.3, -0.25) is 4.79 Å². The number of nitroso groups, excluding NO2 is 1. The van der Waals surface area contributed by atoms with E-state index in [1.165, 1.54) is 0 Å². The minimum Gasteiger partial charge on any atom is -0.347 e. The summed E-state index contributed by atoms with van der Waals surface area (Å²) in [4.78, 5) is 21.3. The Morgan fingerprint density at radius 3 is 2.37 bits per heavy atom. The molecule has 0 heterocycles. The normalized spacial score (nSPS) is 11.9. The summed E-state index contributed by atoms with van der Waals surface area (Å²) >= 11 is 0. The average molecular weight is 292 g/mol. The van der Waals surface area contributed by atoms with E-state index in [0.29, 0.717) is 36.1 Å². The van der Waals surface area contributed by atoms with Gasteiger partial charge < -0.3 is 9.80 Å². The summed E-state index contributed by atoms with van der Waals surface area (Å²) in [7, 11) is 0.0400. The third-order valence-corrected chi connectivity index (χ3v) is 3.70. The second-order valence-corrected chi connectivity index (χ2v) is 6.85. The molecule has 0 fully saturated rings. The van der Waals surface area contributed by atoms with Crippen molar-refractivity contribution in [1.82, 2.24) is 5.32 Å². The van der Waals surface area contributed by atoms with Crippen LogP contribution in [0.1, 0.15) is 13.3 Å². The molecule has 8 heteroatoms. The molecule has 0 rings (SSSR count). The first-order chi connectivity index (χ1) is 8.59. The summed E-state index contributed by atoms with van der Waals surface area (Å²) in [5.41, 5.74) is 0.452. The van der Waals surface area contributed by atoms with Crippen LogP contribution in [-0.2, 0) is 14.8 Å². The largest absolute Gasteiger partial charge is 0.347 e. The number of carbonyl (C=O) groups is 1. The van der Waals surface area contributed by atoms with Crippen LogP contribution in [0, 0.1) is 4.91 Å². The molecule has 1 amide bonds. The minimum absolute atomic E-state index is 0.187. The summed E-state index contributed by atoms with van der Waals surface area (Å²) < 4.78 is 24.5. The van der Waals surface area contributed by atoms with E-state index in [4.69, 9.17) is 0 Å². The van der Waals surface area contributed by atoms with Crippen molar-refractivity contribution in [2.75, 3.05) is 39.5 Å². The highest BCUT2D eigenvalue weighted by Crippen LogP contribution is 2.02. The Bertz CT molecular complexity index is 443. The van der Waals surface area contributed by atoms with Crippen molar-refractivity contribution in [3.63, 3.8) is 0 Å². The number of rotatable bonds is 9. The topological polar surface area (TPSA) is 92.7 Å². The SMILES string of the molecule is C=C(C)C(=O)NCC[N+](C)(C)CCCS(=O)(=O)N=O. The molecular formula is C11H22N3O4S+. The minimum atomic E-state index is -3.81. The van der Waals surface area contributed by atoms with Gasteiger partial charge in [-0.2, -0.15) is 0 Å². The molecule has 7 nitrogen and oxygen atoms in total. The predicted octanol–water partition coefficient (Wildman–Crippen LogP) is 0.241. The van der Waals surface area contributed by atoms with Crippen molar-refractivity contribution < 1.29 is 17.7 Å². The molecule has 0 spiro atoms. The number of hydrogen-bond donors (Lipinski definition) is 1. The zero-order valence-corrected chi connectivity index (χ0v) is 12.5. The molecule has 19 heavy (non-hydrogen) atoms. The highest BCUT2D eigenvalue weighted by atomic mass is 32.2. The van der Waals surface area contributed by atoms with E-state index >= 15 is 0 Å². The van der Waals surface area contributed by atoms with Gasteiger partial charge in [-0.25, -0.2) is 8.42 Å². The Morgan fingerprint density at radius 1 is 1.32 bits per heavy atom. The number of likely N-dealkylation sites (N-methyl/N-ethyl adjacent to an activating group) is 1. The van der Waals surface area contributed by atoms with Crippen LogP contribution in [-0.4, -0.2) is 58.3 Å². The molecule has 0 radical (unpaired) electrons. The van der Waals surface area contributed by atoms with Crippen LogP contribution in [0.25, 0.3) is 0 Å². The molecule has 1 N–H and O–H groups in total. The highest BCUT2D eigenvalue weighted by molar-refractivity contribution is 7.89. The van der Waals surface area contributed by atoms with Crippen LogP contribution in [0.15, 0.2) is 16.7 Å². The van der Waals surface area contributed by atoms with Crippen LogP contribution in [0.4, 0.5) is 0 Å². The summed E-state index contributed by atoms with van der Waals surface area (Å²) in [5.74, 6) is -0.427. The quantitative estimate of drug-likeness (QED) is 0.374. The van der Waals surface area contributed by atoms with Crippen LogP contribution in [0.3, 0.4) is 0 Å². The standard InChI is InChI=1S/C11H21N3O4S/c1-10(2)11(15)12-6-8-14(3,4)7-5-9-19(17,18)13-16/h1,5-9H2,2-4H3/p+1. The molecule has 0 atom stereocenters. The van der Waals surface area contributed by atoms with Gasteiger partial charge in [0.15, 0.2) is 0 Å². The van der Waals surface area contributed by atoms with Gasteiger partial charge >= 0.3 is 0 Å². The number of hydrogen-bond acceptors (Lipinski definition) is 4. The van der Waals surface area contributed by atoms with Gasteiger partial charge in [0, 0.05) is 12.0 Å². The average Bonchev–Trinajstić information content (AvgIpc) is 2.27. The second-order valence-electron chi connectivity index (χ2n) is 5.13. The van der Waals surface area contributed by atoms with E-state index < -0.39 is 10.0 Å². The summed E-state index contributed by atoms with van der Waals surface area (Å²) in [5, 5.41) is 2.72. The van der Waals surface area contributed by atoms with Gasteiger partial charge in [0.1, 0.15) is 0 Å². The fourth-order valence-electron chi connectivity index (χ4n) is 1.45. The molecule has 0 aliphatic heterocycles. The first kappa shape index (κ1) is 17.7. The summed E-state index contributed by atoms with van der Waals surface area (Å²) in [6, 6.07) is 0. The van der Waals surface area contributed by atoms with Crippen molar-refractivity contribution in [1.29, 1.82) is 0 Å². The first-order valence-corrected chi connectivity index (χ1v) is 7.53. The monoisotopic (exact) mass is 292 g/mol. The maximum atomic E-state index is 11.3. The van der Waals surface area contributed by atoms with Gasteiger partial charge in [-0.05, 0) is 6.92 Å². The molecule has 0 saturated carbocycles. The molecule has 0 aromatic heterocycles. The number of quaternary nitrogens is 1. The molecule has 0 aliphatic rings. The van der Waals surface area contributed by atoms with Crippen molar-refractivity contribution in [3.05, 3.63) is 17.1 Å². The van der Waals surface area contributed by atoms with Gasteiger partial charge in [0.2, 0.25) is 5.91 Å². The highest BCUT2D eigenvalue weighted by Gasteiger charge is 2.18. The van der Waals surface area contributed by atoms with Gasteiger partial charge in [0.05, 0.1) is 44.1 Å². The van der Waals surface area contributed by atoms with Crippen LogP contribution in [0.5, 0.6) is 0 Å². The molecule has 0 unspecified atom stereocenters. The van der Waals surface area contributed by atoms with E-state index in [0.717, 1.165) is 0 Å². The van der Waals surface area contributed by atoms with Crippen LogP contribution < -0.4 is 5.32 Å². The van der Waals surface area contributed by atoms with E-state index in [1.54, 1.807) is 6.92 Å². The molecule has 0 saturated heterocycles. The Balaban J connectivity index is 4.02. The third kappa shape index (κ3) is 8.44. The molecule has 0 aliphatic carbocycles. The maximum Gasteiger partial charge on any atom is 0.288 e. The lowest BCUT2D eigenvalue weighted by atomic mass is 10.3. The Morgan fingerprint density at radius 2 is 1.89 bits per heavy atom. The number of nitrogens with one attached hydrogen (secondary N) is 1. The summed E-state index contributed by atoms with van der Waals surface area (Å²) in [6.07, 6.45) is 0.357. The smallest absolute Gasteiger partial charge is 0.288 e. The Hall–Kier alpha value is -1.28. The zero-order valence-electron chi connectivity index (χ0n) is 11.7. The number of carbonyl (C=O) groups excluding carboxylic acids is 1. The van der Waals surface area contributed by atoms with Crippen LogP contribution in [0.2, 0.25) is 0 Å². The van der Waals surface area contributed by atoms with E-state index in [2.05, 4.69) is 16.5 Å². The number of nitrogens with zero attached hydrogens (tertiary/aromatic N) is 2. The second kappa shape index (κ2) is 7.34. The fraction of sp³-hybridized carbons (Fsp3) is 0.727. The lowest BCUT2D eigenvalue weighted by Gasteiger charge is -2.29. The summed E-state index contributed by atoms with van der Waals surface area (Å²) in [6.45, 7) is 6.89. The zero-order chi connectivity index (χ0) is 15.1. The lowest BCUT2D eigenvalue weighted by molar-refractivity contribution is -0.889. The van der Waals surface area contributed by atoms with Crippen molar-refractivity contribution in [2.45, 2.75) is 13.3 Å². The maximum absolute atomic E-state index is 11.3. The van der Waals surface area contributed by atoms with E-state index in [9.17, 15) is 18.1 Å². The van der Waals surface area contributed by atoms with Gasteiger partial charge in [-0.15, -0.1) is 4.91 Å². The molecule has 0 aromatic carbocycles. The molecule has 0 aromatic rings. The van der Waals surface area contributed by atoms with Gasteiger partial charge in [0.25, 0.3) is 10.0 Å². The van der Waals surface area contributed by atoms with Crippen LogP contribution >= 0.6 is 0 Å². The van der Waals surface area contributed by atoms with Crippen molar-refractivity contribution in [2.24, 2.45) is 4.58 Å². The van der Waals surface area contributed by atoms with Crippen molar-refractivity contribution >= 4 is 15.9 Å². The molecule has 0 bridgehead atoms. The predicted molar refractivity (Wildman–Crippen MR) is 73.9 cm³/mol.